The molecule has 104 valence electrons. The van der Waals surface area contributed by atoms with Crippen molar-refractivity contribution in [3.8, 4) is 0 Å². The van der Waals surface area contributed by atoms with Crippen LogP contribution in [0.25, 0.3) is 0 Å². The van der Waals surface area contributed by atoms with E-state index in [1.807, 2.05) is 0 Å². The highest BCUT2D eigenvalue weighted by molar-refractivity contribution is 6.33. The van der Waals surface area contributed by atoms with Crippen molar-refractivity contribution in [3.63, 3.8) is 0 Å². The first-order valence-corrected chi connectivity index (χ1v) is 6.60. The van der Waals surface area contributed by atoms with Gasteiger partial charge in [-0.1, -0.05) is 24.9 Å². The average Bonchev–Trinajstić information content (AvgIpc) is 2.81. The van der Waals surface area contributed by atoms with Crippen molar-refractivity contribution in [2.45, 2.75) is 31.7 Å². The summed E-state index contributed by atoms with van der Waals surface area (Å²) in [4.78, 5) is 14.2. The van der Waals surface area contributed by atoms with Gasteiger partial charge in [0.05, 0.1) is 22.1 Å². The number of nitrogens with zero attached hydrogens (tertiary/aromatic N) is 2. The molecular formula is C12H16ClN3O3. The van der Waals surface area contributed by atoms with Gasteiger partial charge in [0.25, 0.3) is 5.69 Å². The summed E-state index contributed by atoms with van der Waals surface area (Å²) in [6.45, 7) is 3.42. The molecule has 1 aromatic heterocycles. The maximum absolute atomic E-state index is 10.6. The second-order valence-corrected chi connectivity index (χ2v) is 5.15. The SMILES string of the molecule is CCCC1(Nc2ncc([N+](=O)[O-])cc2Cl)CCOC1. The molecule has 1 aliphatic heterocycles. The number of halogens is 1. The number of pyridine rings is 1. The Morgan fingerprint density at radius 3 is 3.00 bits per heavy atom. The number of anilines is 1. The summed E-state index contributed by atoms with van der Waals surface area (Å²) in [6, 6.07) is 1.31. The largest absolute Gasteiger partial charge is 0.379 e. The molecule has 0 aliphatic carbocycles. The molecule has 7 heteroatoms. The van der Waals surface area contributed by atoms with E-state index < -0.39 is 4.92 Å². The number of aromatic nitrogens is 1. The van der Waals surface area contributed by atoms with E-state index in [9.17, 15) is 10.1 Å². The smallest absolute Gasteiger partial charge is 0.289 e. The zero-order valence-corrected chi connectivity index (χ0v) is 11.4. The Labute approximate surface area is 116 Å². The number of hydrogen-bond donors (Lipinski definition) is 1. The second-order valence-electron chi connectivity index (χ2n) is 4.74. The van der Waals surface area contributed by atoms with Gasteiger partial charge >= 0.3 is 0 Å². The van der Waals surface area contributed by atoms with Gasteiger partial charge in [0.1, 0.15) is 12.0 Å². The van der Waals surface area contributed by atoms with Gasteiger partial charge in [-0.3, -0.25) is 10.1 Å². The van der Waals surface area contributed by atoms with Gasteiger partial charge in [0.15, 0.2) is 0 Å². The third kappa shape index (κ3) is 3.13. The topological polar surface area (TPSA) is 77.3 Å². The molecule has 2 heterocycles. The van der Waals surface area contributed by atoms with Crippen molar-refractivity contribution >= 4 is 23.1 Å². The normalized spacial score (nSPS) is 22.4. The van der Waals surface area contributed by atoms with E-state index in [1.54, 1.807) is 0 Å². The number of hydrogen-bond acceptors (Lipinski definition) is 5. The number of nitrogens with one attached hydrogen (secondary N) is 1. The molecule has 2 rings (SSSR count). The van der Waals surface area contributed by atoms with Gasteiger partial charge in [-0.2, -0.15) is 0 Å². The highest BCUT2D eigenvalue weighted by Crippen LogP contribution is 2.32. The van der Waals surface area contributed by atoms with Gasteiger partial charge in [0.2, 0.25) is 0 Å². The third-order valence-corrected chi connectivity index (χ3v) is 3.54. The third-order valence-electron chi connectivity index (χ3n) is 3.25. The molecule has 1 aliphatic rings. The molecule has 0 bridgehead atoms. The molecule has 0 radical (unpaired) electrons. The lowest BCUT2D eigenvalue weighted by Crippen LogP contribution is -2.39. The molecule has 1 atom stereocenters. The monoisotopic (exact) mass is 285 g/mol. The van der Waals surface area contributed by atoms with Crippen LogP contribution in [0, 0.1) is 10.1 Å². The Morgan fingerprint density at radius 2 is 2.47 bits per heavy atom. The zero-order valence-electron chi connectivity index (χ0n) is 10.7. The van der Waals surface area contributed by atoms with E-state index in [4.69, 9.17) is 16.3 Å². The lowest BCUT2D eigenvalue weighted by molar-refractivity contribution is -0.385. The molecule has 0 saturated carbocycles. The van der Waals surface area contributed by atoms with Crippen molar-refractivity contribution < 1.29 is 9.66 Å². The van der Waals surface area contributed by atoms with Gasteiger partial charge < -0.3 is 10.1 Å². The molecule has 1 aromatic rings. The molecule has 19 heavy (non-hydrogen) atoms. The highest BCUT2D eigenvalue weighted by atomic mass is 35.5. The Hall–Kier alpha value is -1.40. The van der Waals surface area contributed by atoms with Crippen LogP contribution in [0.2, 0.25) is 5.02 Å². The minimum Gasteiger partial charge on any atom is -0.379 e. The van der Waals surface area contributed by atoms with Crippen molar-refractivity contribution in [1.29, 1.82) is 0 Å². The molecule has 0 spiro atoms. The van der Waals surface area contributed by atoms with Crippen LogP contribution in [0.5, 0.6) is 0 Å². The highest BCUT2D eigenvalue weighted by Gasteiger charge is 2.34. The first kappa shape index (κ1) is 14.0. The second kappa shape index (κ2) is 5.71. The molecule has 1 N–H and O–H groups in total. The molecule has 1 saturated heterocycles. The molecule has 6 nitrogen and oxygen atoms in total. The summed E-state index contributed by atoms with van der Waals surface area (Å²) in [5.74, 6) is 0.478. The van der Waals surface area contributed by atoms with E-state index in [-0.39, 0.29) is 16.2 Å². The number of rotatable bonds is 5. The lowest BCUT2D eigenvalue weighted by Gasteiger charge is -2.29. The maximum atomic E-state index is 10.6. The summed E-state index contributed by atoms with van der Waals surface area (Å²) in [5, 5.41) is 14.2. The van der Waals surface area contributed by atoms with Crippen molar-refractivity contribution in [1.82, 2.24) is 4.98 Å². The Balaban J connectivity index is 2.20. The first-order chi connectivity index (χ1) is 9.06. The van der Waals surface area contributed by atoms with E-state index >= 15 is 0 Å². The van der Waals surface area contributed by atoms with Crippen LogP contribution in [0.4, 0.5) is 11.5 Å². The fraction of sp³-hybridized carbons (Fsp3) is 0.583. The minimum absolute atomic E-state index is 0.109. The molecule has 0 aromatic carbocycles. The zero-order chi connectivity index (χ0) is 13.9. The summed E-state index contributed by atoms with van der Waals surface area (Å²) < 4.78 is 5.45. The Kier molecular flexibility index (Phi) is 4.21. The van der Waals surface area contributed by atoms with Crippen molar-refractivity contribution in [3.05, 3.63) is 27.4 Å². The molecule has 0 amide bonds. The quantitative estimate of drug-likeness (QED) is 0.664. The van der Waals surface area contributed by atoms with Crippen LogP contribution in [0.15, 0.2) is 12.3 Å². The average molecular weight is 286 g/mol. The standard InChI is InChI=1S/C12H16ClN3O3/c1-2-3-12(4-5-19-8-12)15-11-10(13)6-9(7-14-11)16(17)18/h6-7H,2-5,8H2,1H3,(H,14,15). The first-order valence-electron chi connectivity index (χ1n) is 6.22. The molecular weight excluding hydrogens is 270 g/mol. The van der Waals surface area contributed by atoms with Crippen LogP contribution in [-0.4, -0.2) is 28.7 Å². The van der Waals surface area contributed by atoms with E-state index in [1.165, 1.54) is 12.3 Å². The van der Waals surface area contributed by atoms with E-state index in [2.05, 4.69) is 17.2 Å². The Bertz CT molecular complexity index is 475. The van der Waals surface area contributed by atoms with Crippen molar-refractivity contribution in [2.75, 3.05) is 18.5 Å². The summed E-state index contributed by atoms with van der Waals surface area (Å²) in [6.07, 6.45) is 4.06. The molecule has 1 fully saturated rings. The van der Waals surface area contributed by atoms with Crippen LogP contribution < -0.4 is 5.32 Å². The van der Waals surface area contributed by atoms with E-state index in [0.717, 1.165) is 19.3 Å². The van der Waals surface area contributed by atoms with Gasteiger partial charge in [-0.05, 0) is 12.8 Å². The minimum atomic E-state index is -0.511. The van der Waals surface area contributed by atoms with Gasteiger partial charge in [0, 0.05) is 12.7 Å². The summed E-state index contributed by atoms with van der Waals surface area (Å²) in [7, 11) is 0. The fourth-order valence-corrected chi connectivity index (χ4v) is 2.52. The summed E-state index contributed by atoms with van der Waals surface area (Å²) >= 11 is 6.04. The van der Waals surface area contributed by atoms with Crippen molar-refractivity contribution in [2.24, 2.45) is 0 Å². The van der Waals surface area contributed by atoms with Crippen LogP contribution in [-0.2, 0) is 4.74 Å². The van der Waals surface area contributed by atoms with Crippen LogP contribution >= 0.6 is 11.6 Å². The van der Waals surface area contributed by atoms with Gasteiger partial charge in [-0.25, -0.2) is 4.98 Å². The Morgan fingerprint density at radius 1 is 1.68 bits per heavy atom. The van der Waals surface area contributed by atoms with Crippen LogP contribution in [0.3, 0.4) is 0 Å². The lowest BCUT2D eigenvalue weighted by atomic mass is 9.93. The van der Waals surface area contributed by atoms with E-state index in [0.29, 0.717) is 19.0 Å². The fourth-order valence-electron chi connectivity index (χ4n) is 2.31. The number of ether oxygens (including phenoxy) is 1. The van der Waals surface area contributed by atoms with Crippen LogP contribution in [0.1, 0.15) is 26.2 Å². The molecule has 1 unspecified atom stereocenters. The number of nitro groups is 1. The predicted molar refractivity (Wildman–Crippen MR) is 72.6 cm³/mol. The maximum Gasteiger partial charge on any atom is 0.289 e. The predicted octanol–water partition coefficient (Wildman–Crippen LogP) is 3.01. The van der Waals surface area contributed by atoms with Gasteiger partial charge in [-0.15, -0.1) is 0 Å². The summed E-state index contributed by atoms with van der Waals surface area (Å²) in [5.41, 5.74) is -0.274.